The number of carbonyl (C=O) groups excluding carboxylic acids is 1. The average Bonchev–Trinajstić information content (AvgIpc) is 3.04. The van der Waals surface area contributed by atoms with Gasteiger partial charge in [-0.2, -0.15) is 0 Å². The topological polar surface area (TPSA) is 65.4 Å². The van der Waals surface area contributed by atoms with Crippen LogP contribution in [-0.4, -0.2) is 42.8 Å². The van der Waals surface area contributed by atoms with Gasteiger partial charge in [-0.3, -0.25) is 4.79 Å². The van der Waals surface area contributed by atoms with Crippen LogP contribution in [0.15, 0.2) is 48.5 Å². The van der Waals surface area contributed by atoms with E-state index in [0.717, 1.165) is 34.7 Å². The van der Waals surface area contributed by atoms with E-state index in [1.54, 1.807) is 14.2 Å². The lowest BCUT2D eigenvalue weighted by molar-refractivity contribution is -0.120. The molecule has 27 heavy (non-hydrogen) atoms. The maximum Gasteiger partial charge on any atom is 0.224 e. The second kappa shape index (κ2) is 9.19. The number of methoxy groups -OCH3 is 2. The van der Waals surface area contributed by atoms with Crippen molar-refractivity contribution in [2.75, 3.05) is 27.4 Å². The van der Waals surface area contributed by atoms with Gasteiger partial charge in [0.2, 0.25) is 5.91 Å². The molecule has 6 heteroatoms. The van der Waals surface area contributed by atoms with Crippen molar-refractivity contribution in [3.63, 3.8) is 0 Å². The summed E-state index contributed by atoms with van der Waals surface area (Å²) in [6.07, 6.45) is 1.02. The standard InChI is InChI=1S/C21H25N3O3/c1-26-14-13-24-19-6-4-3-5-18(19)23-20(24)11-12-22-21(25)15-16-7-9-17(27-2)10-8-16/h3-10H,11-15H2,1-2H3,(H,22,25). The minimum absolute atomic E-state index is 0.000260. The number of rotatable bonds is 9. The molecule has 1 N–H and O–H groups in total. The molecule has 3 aromatic rings. The van der Waals surface area contributed by atoms with Gasteiger partial charge in [0.05, 0.1) is 31.2 Å². The molecule has 2 aromatic carbocycles. The molecule has 0 aliphatic carbocycles. The Morgan fingerprint density at radius 3 is 2.63 bits per heavy atom. The van der Waals surface area contributed by atoms with Crippen molar-refractivity contribution in [1.82, 2.24) is 14.9 Å². The van der Waals surface area contributed by atoms with Crippen molar-refractivity contribution in [2.24, 2.45) is 0 Å². The van der Waals surface area contributed by atoms with Gasteiger partial charge in [-0.15, -0.1) is 0 Å². The van der Waals surface area contributed by atoms with E-state index in [9.17, 15) is 4.79 Å². The first kappa shape index (κ1) is 18.9. The summed E-state index contributed by atoms with van der Waals surface area (Å²) in [5, 5.41) is 2.98. The molecule has 0 aliphatic heterocycles. The summed E-state index contributed by atoms with van der Waals surface area (Å²) in [4.78, 5) is 16.9. The average molecular weight is 367 g/mol. The molecular weight excluding hydrogens is 342 g/mol. The van der Waals surface area contributed by atoms with Crippen molar-refractivity contribution < 1.29 is 14.3 Å². The summed E-state index contributed by atoms with van der Waals surface area (Å²) in [5.41, 5.74) is 3.02. The van der Waals surface area contributed by atoms with Gasteiger partial charge >= 0.3 is 0 Å². The second-order valence-corrected chi connectivity index (χ2v) is 6.29. The van der Waals surface area contributed by atoms with Crippen LogP contribution in [0.5, 0.6) is 5.75 Å². The Morgan fingerprint density at radius 1 is 1.11 bits per heavy atom. The van der Waals surface area contributed by atoms with E-state index >= 15 is 0 Å². The highest BCUT2D eigenvalue weighted by Crippen LogP contribution is 2.16. The Morgan fingerprint density at radius 2 is 1.89 bits per heavy atom. The van der Waals surface area contributed by atoms with Gasteiger partial charge in [0.15, 0.2) is 0 Å². The Bertz CT molecular complexity index is 887. The van der Waals surface area contributed by atoms with Crippen molar-refractivity contribution in [3.05, 3.63) is 59.9 Å². The lowest BCUT2D eigenvalue weighted by atomic mass is 10.1. The van der Waals surface area contributed by atoms with Gasteiger partial charge in [-0.05, 0) is 29.8 Å². The van der Waals surface area contributed by atoms with Crippen LogP contribution in [0.2, 0.25) is 0 Å². The van der Waals surface area contributed by atoms with Crippen LogP contribution in [-0.2, 0) is 28.9 Å². The number of imidazole rings is 1. The number of benzene rings is 2. The predicted molar refractivity (Wildman–Crippen MR) is 105 cm³/mol. The van der Waals surface area contributed by atoms with Crippen molar-refractivity contribution >= 4 is 16.9 Å². The molecule has 0 radical (unpaired) electrons. The predicted octanol–water partition coefficient (Wildman–Crippen LogP) is 2.59. The largest absolute Gasteiger partial charge is 0.497 e. The van der Waals surface area contributed by atoms with Crippen molar-refractivity contribution in [3.8, 4) is 5.75 Å². The Balaban J connectivity index is 1.58. The second-order valence-electron chi connectivity index (χ2n) is 6.29. The zero-order chi connectivity index (χ0) is 19.1. The highest BCUT2D eigenvalue weighted by Gasteiger charge is 2.11. The molecule has 0 spiro atoms. The third kappa shape index (κ3) is 4.86. The Hall–Kier alpha value is -2.86. The zero-order valence-electron chi connectivity index (χ0n) is 15.8. The lowest BCUT2D eigenvalue weighted by Gasteiger charge is -2.09. The van der Waals surface area contributed by atoms with Crippen molar-refractivity contribution in [2.45, 2.75) is 19.4 Å². The van der Waals surface area contributed by atoms with Gasteiger partial charge in [-0.1, -0.05) is 24.3 Å². The number of hydrogen-bond acceptors (Lipinski definition) is 4. The number of aromatic nitrogens is 2. The number of fused-ring (bicyclic) bond motifs is 1. The fourth-order valence-corrected chi connectivity index (χ4v) is 3.05. The number of carbonyl (C=O) groups is 1. The fraction of sp³-hybridized carbons (Fsp3) is 0.333. The molecule has 0 saturated carbocycles. The van der Waals surface area contributed by atoms with E-state index in [1.807, 2.05) is 42.5 Å². The smallest absolute Gasteiger partial charge is 0.224 e. The molecule has 0 atom stereocenters. The van der Waals surface area contributed by atoms with E-state index in [0.29, 0.717) is 26.0 Å². The van der Waals surface area contributed by atoms with Gasteiger partial charge in [-0.25, -0.2) is 4.98 Å². The normalized spacial score (nSPS) is 10.9. The zero-order valence-corrected chi connectivity index (χ0v) is 15.8. The first-order valence-electron chi connectivity index (χ1n) is 9.04. The summed E-state index contributed by atoms with van der Waals surface area (Å²) in [5.74, 6) is 1.74. The molecule has 0 saturated heterocycles. The summed E-state index contributed by atoms with van der Waals surface area (Å²) >= 11 is 0. The first-order valence-corrected chi connectivity index (χ1v) is 9.04. The summed E-state index contributed by atoms with van der Waals surface area (Å²) in [7, 11) is 3.32. The molecule has 1 aromatic heterocycles. The molecule has 1 amide bonds. The molecule has 6 nitrogen and oxygen atoms in total. The molecule has 0 aliphatic rings. The van der Waals surface area contributed by atoms with E-state index in [-0.39, 0.29) is 5.91 Å². The molecule has 3 rings (SSSR count). The van der Waals surface area contributed by atoms with E-state index in [2.05, 4.69) is 16.0 Å². The van der Waals surface area contributed by atoms with Gasteiger partial charge in [0, 0.05) is 26.6 Å². The van der Waals surface area contributed by atoms with Crippen LogP contribution in [0.4, 0.5) is 0 Å². The molecular formula is C21H25N3O3. The van der Waals surface area contributed by atoms with Crippen LogP contribution in [0.3, 0.4) is 0 Å². The van der Waals surface area contributed by atoms with E-state index in [1.165, 1.54) is 0 Å². The third-order valence-corrected chi connectivity index (χ3v) is 4.45. The minimum atomic E-state index is -0.000260. The Kier molecular flexibility index (Phi) is 6.44. The molecule has 142 valence electrons. The molecule has 0 bridgehead atoms. The van der Waals surface area contributed by atoms with Crippen LogP contribution in [0.1, 0.15) is 11.4 Å². The van der Waals surface area contributed by atoms with Crippen molar-refractivity contribution in [1.29, 1.82) is 0 Å². The van der Waals surface area contributed by atoms with Crippen LogP contribution in [0, 0.1) is 0 Å². The number of hydrogen-bond donors (Lipinski definition) is 1. The highest BCUT2D eigenvalue weighted by molar-refractivity contribution is 5.78. The van der Waals surface area contributed by atoms with E-state index < -0.39 is 0 Å². The number of ether oxygens (including phenoxy) is 2. The summed E-state index contributed by atoms with van der Waals surface area (Å²) < 4.78 is 12.5. The maximum atomic E-state index is 12.2. The quantitative estimate of drug-likeness (QED) is 0.631. The third-order valence-electron chi connectivity index (χ3n) is 4.45. The fourth-order valence-electron chi connectivity index (χ4n) is 3.05. The summed E-state index contributed by atoms with van der Waals surface area (Å²) in [6, 6.07) is 15.6. The molecule has 0 unspecified atom stereocenters. The number of nitrogens with one attached hydrogen (secondary N) is 1. The number of amides is 1. The van der Waals surface area contributed by atoms with Gasteiger partial charge < -0.3 is 19.4 Å². The first-order chi connectivity index (χ1) is 13.2. The monoisotopic (exact) mass is 367 g/mol. The number of para-hydroxylation sites is 2. The van der Waals surface area contributed by atoms with Gasteiger partial charge in [0.25, 0.3) is 0 Å². The van der Waals surface area contributed by atoms with E-state index in [4.69, 9.17) is 14.5 Å². The summed E-state index contributed by atoms with van der Waals surface area (Å²) in [6.45, 7) is 1.91. The molecule has 0 fully saturated rings. The van der Waals surface area contributed by atoms with Crippen LogP contribution < -0.4 is 10.1 Å². The Labute approximate surface area is 159 Å². The van der Waals surface area contributed by atoms with Crippen LogP contribution in [0.25, 0.3) is 11.0 Å². The minimum Gasteiger partial charge on any atom is -0.497 e. The van der Waals surface area contributed by atoms with Gasteiger partial charge in [0.1, 0.15) is 11.6 Å². The SMILES string of the molecule is COCCn1c(CCNC(=O)Cc2ccc(OC)cc2)nc2ccccc21. The van der Waals surface area contributed by atoms with Crippen LogP contribution >= 0.6 is 0 Å². The maximum absolute atomic E-state index is 12.2. The highest BCUT2D eigenvalue weighted by atomic mass is 16.5. The lowest BCUT2D eigenvalue weighted by Crippen LogP contribution is -2.28. The molecule has 1 heterocycles. The number of nitrogens with zero attached hydrogens (tertiary/aromatic N) is 2.